The maximum atomic E-state index is 12.6. The van der Waals surface area contributed by atoms with Crippen molar-refractivity contribution in [2.45, 2.75) is 38.7 Å². The van der Waals surface area contributed by atoms with E-state index in [0.29, 0.717) is 5.92 Å². The summed E-state index contributed by atoms with van der Waals surface area (Å²) >= 11 is 0. The predicted octanol–water partition coefficient (Wildman–Crippen LogP) is 0.796. The molecule has 106 valence electrons. The summed E-state index contributed by atoms with van der Waals surface area (Å²) < 4.78 is 0. The summed E-state index contributed by atoms with van der Waals surface area (Å²) in [5, 5.41) is 19.6. The van der Waals surface area contributed by atoms with Crippen LogP contribution >= 0.6 is 0 Å². The molecule has 3 rings (SSSR count). The van der Waals surface area contributed by atoms with E-state index in [1.165, 1.54) is 0 Å². The molecule has 0 aromatic heterocycles. The summed E-state index contributed by atoms with van der Waals surface area (Å²) in [7, 11) is 0. The molecule has 7 unspecified atom stereocenters. The molecule has 0 spiro atoms. The van der Waals surface area contributed by atoms with Crippen LogP contribution in [0.5, 0.6) is 0 Å². The van der Waals surface area contributed by atoms with Crippen molar-refractivity contribution in [1.29, 1.82) is 0 Å². The number of Topliss-reactive ketones (excluding diaryl/α,β-unsaturated/α-hetero) is 2. The number of aliphatic hydroxyl groups is 2. The average molecular weight is 266 g/mol. The maximum absolute atomic E-state index is 12.6. The molecule has 19 heavy (non-hydrogen) atoms. The minimum absolute atomic E-state index is 0.0213. The van der Waals surface area contributed by atoms with Gasteiger partial charge in [0.25, 0.3) is 0 Å². The highest BCUT2D eigenvalue weighted by atomic mass is 16.3. The van der Waals surface area contributed by atoms with Gasteiger partial charge in [0.05, 0.1) is 18.6 Å². The molecule has 7 atom stereocenters. The van der Waals surface area contributed by atoms with Crippen LogP contribution < -0.4 is 0 Å². The van der Waals surface area contributed by atoms with Crippen molar-refractivity contribution in [2.75, 3.05) is 6.61 Å². The zero-order chi connectivity index (χ0) is 13.7. The normalized spacial score (nSPS) is 49.9. The van der Waals surface area contributed by atoms with Gasteiger partial charge in [-0.05, 0) is 31.1 Å². The van der Waals surface area contributed by atoms with Crippen LogP contribution in [0, 0.1) is 35.5 Å². The highest BCUT2D eigenvalue weighted by Crippen LogP contribution is 2.53. The second-order valence-electron chi connectivity index (χ2n) is 6.59. The quantitative estimate of drug-likeness (QED) is 0.736. The van der Waals surface area contributed by atoms with Crippen molar-refractivity contribution in [3.8, 4) is 0 Å². The van der Waals surface area contributed by atoms with Crippen molar-refractivity contribution in [3.05, 3.63) is 0 Å². The molecule has 3 aliphatic carbocycles. The minimum Gasteiger partial charge on any atom is -0.396 e. The van der Waals surface area contributed by atoms with E-state index in [1.807, 2.05) is 0 Å². The van der Waals surface area contributed by atoms with Crippen molar-refractivity contribution >= 4 is 11.6 Å². The van der Waals surface area contributed by atoms with E-state index >= 15 is 0 Å². The molecular weight excluding hydrogens is 244 g/mol. The van der Waals surface area contributed by atoms with Crippen LogP contribution in [0.2, 0.25) is 0 Å². The number of ketones is 2. The summed E-state index contributed by atoms with van der Waals surface area (Å²) in [5.74, 6) is -1.03. The number of hydrogen-bond donors (Lipinski definition) is 2. The Balaban J connectivity index is 1.95. The lowest BCUT2D eigenvalue weighted by molar-refractivity contribution is -0.149. The fourth-order valence-corrected chi connectivity index (χ4v) is 4.80. The summed E-state index contributed by atoms with van der Waals surface area (Å²) in [6.45, 7) is 1.51. The Hall–Kier alpha value is -0.740. The second kappa shape index (κ2) is 4.67. The van der Waals surface area contributed by atoms with Gasteiger partial charge in [-0.3, -0.25) is 9.59 Å². The zero-order valence-electron chi connectivity index (χ0n) is 11.3. The summed E-state index contributed by atoms with van der Waals surface area (Å²) in [6, 6.07) is 0. The van der Waals surface area contributed by atoms with Gasteiger partial charge in [-0.2, -0.15) is 0 Å². The maximum Gasteiger partial charge on any atom is 0.143 e. The number of hydrogen-bond acceptors (Lipinski definition) is 4. The molecule has 0 bridgehead atoms. The number of carbonyl (C=O) groups excluding carboxylic acids is 2. The topological polar surface area (TPSA) is 74.6 Å². The van der Waals surface area contributed by atoms with Gasteiger partial charge in [-0.1, -0.05) is 13.3 Å². The molecule has 0 heterocycles. The molecular formula is C15H22O4. The molecule has 0 aliphatic heterocycles. The third-order valence-corrected chi connectivity index (χ3v) is 5.78. The van der Waals surface area contributed by atoms with E-state index in [2.05, 4.69) is 0 Å². The van der Waals surface area contributed by atoms with E-state index in [0.717, 1.165) is 25.7 Å². The molecule has 3 aliphatic rings. The molecule has 2 N–H and O–H groups in total. The van der Waals surface area contributed by atoms with Crippen LogP contribution in [0.4, 0.5) is 0 Å². The Bertz CT molecular complexity index is 405. The Labute approximate surface area is 113 Å². The lowest BCUT2D eigenvalue weighted by Gasteiger charge is -2.38. The zero-order valence-corrected chi connectivity index (χ0v) is 11.3. The first-order valence-corrected chi connectivity index (χ1v) is 7.42. The molecule has 0 aromatic rings. The van der Waals surface area contributed by atoms with E-state index < -0.39 is 12.0 Å². The van der Waals surface area contributed by atoms with Gasteiger partial charge in [0.1, 0.15) is 11.6 Å². The molecule has 4 heteroatoms. The summed E-state index contributed by atoms with van der Waals surface area (Å²) in [4.78, 5) is 25.0. The Kier molecular flexibility index (Phi) is 3.26. The van der Waals surface area contributed by atoms with Gasteiger partial charge < -0.3 is 10.2 Å². The molecule has 0 amide bonds. The van der Waals surface area contributed by atoms with Gasteiger partial charge in [0, 0.05) is 17.8 Å². The fourth-order valence-electron chi connectivity index (χ4n) is 4.80. The largest absolute Gasteiger partial charge is 0.396 e. The molecule has 3 fully saturated rings. The van der Waals surface area contributed by atoms with E-state index in [-0.39, 0.29) is 41.8 Å². The number of fused-ring (bicyclic) bond motifs is 3. The smallest absolute Gasteiger partial charge is 0.143 e. The highest BCUT2D eigenvalue weighted by molar-refractivity contribution is 6.00. The Morgan fingerprint density at radius 3 is 2.63 bits per heavy atom. The van der Waals surface area contributed by atoms with Crippen LogP contribution in [0.15, 0.2) is 0 Å². The average Bonchev–Trinajstić information content (AvgIpc) is 2.78. The lowest BCUT2D eigenvalue weighted by Crippen LogP contribution is -2.49. The van der Waals surface area contributed by atoms with Crippen molar-refractivity contribution in [2.24, 2.45) is 35.5 Å². The van der Waals surface area contributed by atoms with E-state index in [9.17, 15) is 19.8 Å². The number of rotatable bonds is 1. The first kappa shape index (κ1) is 13.3. The monoisotopic (exact) mass is 266 g/mol. The second-order valence-corrected chi connectivity index (χ2v) is 6.59. The molecule has 0 aromatic carbocycles. The molecule has 3 saturated carbocycles. The molecule has 0 radical (unpaired) electrons. The first-order chi connectivity index (χ1) is 9.06. The van der Waals surface area contributed by atoms with Crippen molar-refractivity contribution < 1.29 is 19.8 Å². The predicted molar refractivity (Wildman–Crippen MR) is 68.2 cm³/mol. The van der Waals surface area contributed by atoms with Gasteiger partial charge in [0.2, 0.25) is 0 Å². The standard InChI is InChI=1S/C15H22O4/c1-7-10(6-16)15(19)13-9(14(7)18)5-8-3-2-4-11(17)12(8)13/h7-13,16-17H,2-6H2,1H3. The highest BCUT2D eigenvalue weighted by Gasteiger charge is 2.58. The summed E-state index contributed by atoms with van der Waals surface area (Å²) in [6.07, 6.45) is 3.07. The van der Waals surface area contributed by atoms with Gasteiger partial charge >= 0.3 is 0 Å². The van der Waals surface area contributed by atoms with Crippen LogP contribution in [0.25, 0.3) is 0 Å². The molecule has 4 nitrogen and oxygen atoms in total. The SMILES string of the molecule is CC1C(=O)C2CC3CCCC(O)C3C2C(=O)C1CO. The van der Waals surface area contributed by atoms with Crippen LogP contribution in [-0.4, -0.2) is 34.5 Å². The van der Waals surface area contributed by atoms with Gasteiger partial charge in [-0.15, -0.1) is 0 Å². The van der Waals surface area contributed by atoms with Crippen LogP contribution in [-0.2, 0) is 9.59 Å². The van der Waals surface area contributed by atoms with Crippen molar-refractivity contribution in [3.63, 3.8) is 0 Å². The Morgan fingerprint density at radius 2 is 1.95 bits per heavy atom. The fraction of sp³-hybridized carbons (Fsp3) is 0.867. The van der Waals surface area contributed by atoms with Gasteiger partial charge in [-0.25, -0.2) is 0 Å². The minimum atomic E-state index is -0.554. The van der Waals surface area contributed by atoms with E-state index in [1.54, 1.807) is 6.92 Å². The van der Waals surface area contributed by atoms with E-state index in [4.69, 9.17) is 0 Å². The first-order valence-electron chi connectivity index (χ1n) is 7.42. The lowest BCUT2D eigenvalue weighted by atomic mass is 9.65. The molecule has 0 saturated heterocycles. The van der Waals surface area contributed by atoms with Crippen LogP contribution in [0.3, 0.4) is 0 Å². The summed E-state index contributed by atoms with van der Waals surface area (Å²) in [5.41, 5.74) is 0. The third-order valence-electron chi connectivity index (χ3n) is 5.78. The number of carbonyl (C=O) groups is 2. The number of aliphatic hydroxyl groups excluding tert-OH is 2. The third kappa shape index (κ3) is 1.80. The van der Waals surface area contributed by atoms with Crippen molar-refractivity contribution in [1.82, 2.24) is 0 Å². The van der Waals surface area contributed by atoms with Crippen LogP contribution in [0.1, 0.15) is 32.6 Å². The Morgan fingerprint density at radius 1 is 1.21 bits per heavy atom. The van der Waals surface area contributed by atoms with Gasteiger partial charge in [0.15, 0.2) is 0 Å².